The average Bonchev–Trinajstić information content (AvgIpc) is 2.78. The Balaban J connectivity index is 1.42. The molecule has 154 valence electrons. The number of amides is 1. The molecule has 0 radical (unpaired) electrons. The van der Waals surface area contributed by atoms with Gasteiger partial charge in [-0.15, -0.1) is 0 Å². The van der Waals surface area contributed by atoms with Gasteiger partial charge in [-0.2, -0.15) is 0 Å². The molecule has 0 unspecified atom stereocenters. The van der Waals surface area contributed by atoms with E-state index in [1.807, 2.05) is 65.6 Å². The summed E-state index contributed by atoms with van der Waals surface area (Å²) in [6.07, 6.45) is 0. The highest BCUT2D eigenvalue weighted by Crippen LogP contribution is 2.25. The Morgan fingerprint density at radius 3 is 2.43 bits per heavy atom. The van der Waals surface area contributed by atoms with Gasteiger partial charge in [0.15, 0.2) is 0 Å². The minimum atomic E-state index is -0.0201. The third-order valence-corrected chi connectivity index (χ3v) is 5.99. The number of phenols is 1. The third-order valence-electron chi connectivity index (χ3n) is 5.22. The fourth-order valence-corrected chi connectivity index (χ4v) is 3.97. The Bertz CT molecular complexity index is 1030. The van der Waals surface area contributed by atoms with Gasteiger partial charge in [0.25, 0.3) is 5.91 Å². The van der Waals surface area contributed by atoms with Gasteiger partial charge in [-0.25, -0.2) is 0 Å². The molecule has 1 N–H and O–H groups in total. The van der Waals surface area contributed by atoms with E-state index in [0.717, 1.165) is 28.8 Å². The minimum absolute atomic E-state index is 0.0201. The van der Waals surface area contributed by atoms with Crippen LogP contribution in [-0.4, -0.2) is 42.1 Å². The molecule has 0 saturated carbocycles. The number of ether oxygens (including phenoxy) is 1. The molecule has 3 aromatic rings. The van der Waals surface area contributed by atoms with E-state index < -0.39 is 0 Å². The molecule has 6 heteroatoms. The van der Waals surface area contributed by atoms with Crippen molar-refractivity contribution in [1.82, 2.24) is 4.90 Å². The number of para-hydroxylation sites is 1. The van der Waals surface area contributed by atoms with E-state index in [1.54, 1.807) is 12.1 Å². The molecule has 1 amide bonds. The van der Waals surface area contributed by atoms with Crippen LogP contribution in [0, 0.1) is 0 Å². The quantitative estimate of drug-likeness (QED) is 0.592. The summed E-state index contributed by atoms with van der Waals surface area (Å²) in [4.78, 5) is 17.2. The van der Waals surface area contributed by atoms with Gasteiger partial charge >= 0.3 is 0 Å². The van der Waals surface area contributed by atoms with Crippen LogP contribution < -0.4 is 9.64 Å². The molecule has 1 heterocycles. The van der Waals surface area contributed by atoms with Crippen molar-refractivity contribution in [3.05, 3.63) is 88.4 Å². The predicted molar refractivity (Wildman–Crippen MR) is 121 cm³/mol. The number of hydrogen-bond acceptors (Lipinski definition) is 4. The number of piperazine rings is 1. The molecular formula is C24H23BrN2O3. The molecule has 0 bridgehead atoms. The second-order valence-electron chi connectivity index (χ2n) is 7.18. The summed E-state index contributed by atoms with van der Waals surface area (Å²) in [7, 11) is 0. The maximum atomic E-state index is 13.2. The molecule has 0 atom stereocenters. The van der Waals surface area contributed by atoms with E-state index in [9.17, 15) is 9.90 Å². The van der Waals surface area contributed by atoms with E-state index in [1.165, 1.54) is 0 Å². The molecular weight excluding hydrogens is 444 g/mol. The van der Waals surface area contributed by atoms with E-state index >= 15 is 0 Å². The number of carbonyl (C=O) groups excluding carboxylic acids is 1. The van der Waals surface area contributed by atoms with E-state index in [-0.39, 0.29) is 11.7 Å². The van der Waals surface area contributed by atoms with Crippen molar-refractivity contribution >= 4 is 27.5 Å². The zero-order valence-corrected chi connectivity index (χ0v) is 18.1. The Kier molecular flexibility index (Phi) is 6.23. The molecule has 5 nitrogen and oxygen atoms in total. The third kappa shape index (κ3) is 4.60. The zero-order chi connectivity index (χ0) is 20.9. The Hall–Kier alpha value is -2.99. The summed E-state index contributed by atoms with van der Waals surface area (Å²) in [5.41, 5.74) is 2.58. The molecule has 0 spiro atoms. The van der Waals surface area contributed by atoms with Gasteiger partial charge in [-0.3, -0.25) is 4.79 Å². The van der Waals surface area contributed by atoms with Crippen LogP contribution in [0.2, 0.25) is 0 Å². The number of aromatic hydroxyl groups is 1. The molecule has 0 aliphatic carbocycles. The van der Waals surface area contributed by atoms with Gasteiger partial charge in [0.1, 0.15) is 18.1 Å². The lowest BCUT2D eigenvalue weighted by Gasteiger charge is -2.36. The largest absolute Gasteiger partial charge is 0.508 e. The SMILES string of the molecule is O=C(c1ccccc1OCc1ccccc1Br)N1CCN(c2cccc(O)c2)CC1. The first-order valence-electron chi connectivity index (χ1n) is 9.90. The number of nitrogens with zero attached hydrogens (tertiary/aromatic N) is 2. The lowest BCUT2D eigenvalue weighted by Crippen LogP contribution is -2.48. The Morgan fingerprint density at radius 2 is 1.67 bits per heavy atom. The smallest absolute Gasteiger partial charge is 0.257 e. The first-order valence-corrected chi connectivity index (χ1v) is 10.7. The second-order valence-corrected chi connectivity index (χ2v) is 8.03. The molecule has 1 aliphatic heterocycles. The summed E-state index contributed by atoms with van der Waals surface area (Å²) in [6, 6.07) is 22.5. The highest BCUT2D eigenvalue weighted by Gasteiger charge is 2.24. The standard InChI is InChI=1S/C24H23BrN2O3/c25-22-10-3-1-6-18(22)17-30-23-11-4-2-9-21(23)24(29)27-14-12-26(13-15-27)19-7-5-8-20(28)16-19/h1-11,16,28H,12-15,17H2. The van der Waals surface area contributed by atoms with Gasteiger partial charge < -0.3 is 19.6 Å². The van der Waals surface area contributed by atoms with E-state index in [4.69, 9.17) is 4.74 Å². The van der Waals surface area contributed by atoms with Crippen LogP contribution in [0.3, 0.4) is 0 Å². The maximum Gasteiger partial charge on any atom is 0.257 e. The zero-order valence-electron chi connectivity index (χ0n) is 16.5. The van der Waals surface area contributed by atoms with Crippen molar-refractivity contribution in [3.8, 4) is 11.5 Å². The second kappa shape index (κ2) is 9.22. The van der Waals surface area contributed by atoms with Crippen molar-refractivity contribution in [2.75, 3.05) is 31.1 Å². The predicted octanol–water partition coefficient (Wildman–Crippen LogP) is 4.70. The monoisotopic (exact) mass is 466 g/mol. The van der Waals surface area contributed by atoms with Gasteiger partial charge in [-0.05, 0) is 30.3 Å². The van der Waals surface area contributed by atoms with E-state index in [2.05, 4.69) is 20.8 Å². The molecule has 4 rings (SSSR count). The molecule has 0 aromatic heterocycles. The van der Waals surface area contributed by atoms with Crippen molar-refractivity contribution in [1.29, 1.82) is 0 Å². The van der Waals surface area contributed by atoms with Crippen LogP contribution in [0.4, 0.5) is 5.69 Å². The van der Waals surface area contributed by atoms with Crippen LogP contribution in [0.15, 0.2) is 77.3 Å². The highest BCUT2D eigenvalue weighted by atomic mass is 79.9. The van der Waals surface area contributed by atoms with Crippen LogP contribution in [0.25, 0.3) is 0 Å². The highest BCUT2D eigenvalue weighted by molar-refractivity contribution is 9.10. The Morgan fingerprint density at radius 1 is 0.933 bits per heavy atom. The summed E-state index contributed by atoms with van der Waals surface area (Å²) in [5, 5.41) is 9.71. The van der Waals surface area contributed by atoms with Crippen molar-refractivity contribution in [2.24, 2.45) is 0 Å². The molecule has 1 saturated heterocycles. The van der Waals surface area contributed by atoms with Crippen molar-refractivity contribution < 1.29 is 14.6 Å². The number of anilines is 1. The van der Waals surface area contributed by atoms with Gasteiger partial charge in [-0.1, -0.05) is 52.3 Å². The average molecular weight is 467 g/mol. The Labute approximate surface area is 184 Å². The summed E-state index contributed by atoms with van der Waals surface area (Å²) in [6.45, 7) is 3.06. The fourth-order valence-electron chi connectivity index (χ4n) is 3.57. The summed E-state index contributed by atoms with van der Waals surface area (Å²) in [5.74, 6) is 0.823. The van der Waals surface area contributed by atoms with Crippen molar-refractivity contribution in [3.63, 3.8) is 0 Å². The van der Waals surface area contributed by atoms with Crippen LogP contribution >= 0.6 is 15.9 Å². The lowest BCUT2D eigenvalue weighted by molar-refractivity contribution is 0.0742. The number of phenolic OH excluding ortho intramolecular Hbond substituents is 1. The topological polar surface area (TPSA) is 53.0 Å². The van der Waals surface area contributed by atoms with Crippen LogP contribution in [-0.2, 0) is 6.61 Å². The van der Waals surface area contributed by atoms with Gasteiger partial charge in [0.2, 0.25) is 0 Å². The first kappa shape index (κ1) is 20.3. The number of rotatable bonds is 5. The maximum absolute atomic E-state index is 13.2. The van der Waals surface area contributed by atoms with Crippen LogP contribution in [0.1, 0.15) is 15.9 Å². The number of carbonyl (C=O) groups is 1. The lowest BCUT2D eigenvalue weighted by atomic mass is 10.1. The van der Waals surface area contributed by atoms with Crippen LogP contribution in [0.5, 0.6) is 11.5 Å². The molecule has 3 aromatic carbocycles. The molecule has 1 aliphatic rings. The molecule has 30 heavy (non-hydrogen) atoms. The normalized spacial score (nSPS) is 13.9. The first-order chi connectivity index (χ1) is 14.6. The number of benzene rings is 3. The van der Waals surface area contributed by atoms with Gasteiger partial charge in [0, 0.05) is 48.0 Å². The van der Waals surface area contributed by atoms with E-state index in [0.29, 0.717) is 31.0 Å². The van der Waals surface area contributed by atoms with Gasteiger partial charge in [0.05, 0.1) is 5.56 Å². The number of halogens is 1. The summed E-state index contributed by atoms with van der Waals surface area (Å²) < 4.78 is 6.99. The molecule has 1 fully saturated rings. The van der Waals surface area contributed by atoms with Crippen molar-refractivity contribution in [2.45, 2.75) is 6.61 Å². The summed E-state index contributed by atoms with van der Waals surface area (Å²) >= 11 is 3.53. The minimum Gasteiger partial charge on any atom is -0.508 e. The fraction of sp³-hybridized carbons (Fsp3) is 0.208. The number of hydrogen-bond donors (Lipinski definition) is 1.